The van der Waals surface area contributed by atoms with E-state index < -0.39 is 12.0 Å². The van der Waals surface area contributed by atoms with Crippen molar-refractivity contribution in [3.63, 3.8) is 0 Å². The first-order valence-electron chi connectivity index (χ1n) is 8.87. The quantitative estimate of drug-likeness (QED) is 0.356. The lowest BCUT2D eigenvalue weighted by Gasteiger charge is -2.32. The first-order chi connectivity index (χ1) is 13.1. The van der Waals surface area contributed by atoms with Gasteiger partial charge in [0.2, 0.25) is 0 Å². The van der Waals surface area contributed by atoms with Crippen LogP contribution < -0.4 is 15.4 Å². The van der Waals surface area contributed by atoms with E-state index in [-0.39, 0.29) is 19.2 Å². The maximum atomic E-state index is 12.3. The molecule has 1 aliphatic heterocycles. The highest BCUT2D eigenvalue weighted by molar-refractivity contribution is 5.94. The van der Waals surface area contributed by atoms with E-state index in [0.29, 0.717) is 37.6 Å². The Kier molecular flexibility index (Phi) is 8.99. The molecule has 9 heteroatoms. The Morgan fingerprint density at radius 1 is 1.22 bits per heavy atom. The minimum Gasteiger partial charge on any atom is -0.480 e. The number of nitrogens with one attached hydrogen (secondary N) is 2. The smallest absolute Gasteiger partial charge is 0.322 e. The average molecular weight is 381 g/mol. The lowest BCUT2D eigenvalue weighted by Crippen LogP contribution is -2.55. The largest absolute Gasteiger partial charge is 0.480 e. The highest BCUT2D eigenvalue weighted by Gasteiger charge is 2.27. The van der Waals surface area contributed by atoms with Gasteiger partial charge in [-0.2, -0.15) is 0 Å². The van der Waals surface area contributed by atoms with E-state index in [1.54, 1.807) is 31.4 Å². The van der Waals surface area contributed by atoms with E-state index in [1.165, 1.54) is 0 Å². The van der Waals surface area contributed by atoms with Gasteiger partial charge in [-0.1, -0.05) is 0 Å². The van der Waals surface area contributed by atoms with Gasteiger partial charge in [0.1, 0.15) is 11.8 Å². The Labute approximate surface area is 158 Å². The third-order valence-corrected chi connectivity index (χ3v) is 4.19. The molecule has 0 bridgehead atoms. The zero-order valence-corrected chi connectivity index (χ0v) is 15.5. The average Bonchev–Trinajstić information content (AvgIpc) is 2.69. The molecule has 2 rings (SSSR count). The Morgan fingerprint density at radius 3 is 2.56 bits per heavy atom. The number of carboxylic acid groups (broad SMARTS) is 1. The van der Waals surface area contributed by atoms with Crippen LogP contribution >= 0.6 is 0 Å². The Morgan fingerprint density at radius 2 is 1.93 bits per heavy atom. The monoisotopic (exact) mass is 381 g/mol. The van der Waals surface area contributed by atoms with Gasteiger partial charge in [-0.25, -0.2) is 0 Å². The molecule has 1 heterocycles. The normalized spacial score (nSPS) is 15.9. The number of amides is 1. The number of methoxy groups -OCH3 is 1. The summed E-state index contributed by atoms with van der Waals surface area (Å²) in [5.41, 5.74) is 0.437. The summed E-state index contributed by atoms with van der Waals surface area (Å²) in [7, 11) is 1.59. The zero-order chi connectivity index (χ0) is 19.5. The molecule has 3 N–H and O–H groups in total. The number of ether oxygens (including phenoxy) is 3. The summed E-state index contributed by atoms with van der Waals surface area (Å²) in [6, 6.07) is 5.85. The number of hydrogen-bond donors (Lipinski definition) is 3. The fourth-order valence-corrected chi connectivity index (χ4v) is 2.67. The van der Waals surface area contributed by atoms with Crippen molar-refractivity contribution in [3.8, 4) is 5.75 Å². The van der Waals surface area contributed by atoms with Gasteiger partial charge in [0.05, 0.1) is 13.2 Å². The summed E-state index contributed by atoms with van der Waals surface area (Å²) in [6.07, 6.45) is 0. The van der Waals surface area contributed by atoms with E-state index in [2.05, 4.69) is 10.6 Å². The summed E-state index contributed by atoms with van der Waals surface area (Å²) in [5.74, 6) is -0.679. The van der Waals surface area contributed by atoms with Gasteiger partial charge in [0, 0.05) is 45.4 Å². The second-order valence-electron chi connectivity index (χ2n) is 6.04. The molecule has 1 aliphatic rings. The molecule has 0 radical (unpaired) electrons. The van der Waals surface area contributed by atoms with Crippen molar-refractivity contribution in [2.75, 3.05) is 59.8 Å². The number of piperazine rings is 1. The molecule has 0 spiro atoms. The number of aliphatic carboxylic acids is 1. The number of hydrogen-bond acceptors (Lipinski definition) is 7. The predicted octanol–water partition coefficient (Wildman–Crippen LogP) is -0.226. The van der Waals surface area contributed by atoms with E-state index in [4.69, 9.17) is 14.2 Å². The lowest BCUT2D eigenvalue weighted by atomic mass is 10.2. The van der Waals surface area contributed by atoms with Crippen LogP contribution in [0.5, 0.6) is 5.75 Å². The van der Waals surface area contributed by atoms with Crippen LogP contribution in [0.15, 0.2) is 24.3 Å². The SMILES string of the molecule is COCCOCOc1ccc(C(=O)NC[C@@H](C(=O)O)N2CCNCC2)cc1. The maximum absolute atomic E-state index is 12.3. The second kappa shape index (κ2) is 11.5. The van der Waals surface area contributed by atoms with E-state index in [0.717, 1.165) is 13.1 Å². The van der Waals surface area contributed by atoms with E-state index >= 15 is 0 Å². The van der Waals surface area contributed by atoms with Crippen LogP contribution in [0, 0.1) is 0 Å². The van der Waals surface area contributed by atoms with E-state index in [1.807, 2.05) is 4.90 Å². The maximum Gasteiger partial charge on any atom is 0.322 e. The molecule has 1 amide bonds. The topological polar surface area (TPSA) is 109 Å². The van der Waals surface area contributed by atoms with Crippen LogP contribution in [0.3, 0.4) is 0 Å². The molecule has 150 valence electrons. The summed E-state index contributed by atoms with van der Waals surface area (Å²) >= 11 is 0. The standard InChI is InChI=1S/C18H27N3O6/c1-25-10-11-26-13-27-15-4-2-14(3-5-15)17(22)20-12-16(18(23)24)21-8-6-19-7-9-21/h2-5,16,19H,6-13H2,1H3,(H,20,22)(H,23,24)/t16-/m0/s1. The predicted molar refractivity (Wildman–Crippen MR) is 98.0 cm³/mol. The first kappa shape index (κ1) is 21.1. The fourth-order valence-electron chi connectivity index (χ4n) is 2.67. The van der Waals surface area contributed by atoms with Gasteiger partial charge in [0.15, 0.2) is 6.79 Å². The minimum atomic E-state index is -0.936. The molecule has 1 fully saturated rings. The van der Waals surface area contributed by atoms with Gasteiger partial charge in [-0.3, -0.25) is 14.5 Å². The number of rotatable bonds is 11. The highest BCUT2D eigenvalue weighted by atomic mass is 16.7. The summed E-state index contributed by atoms with van der Waals surface area (Å²) < 4.78 is 15.5. The van der Waals surface area contributed by atoms with Crippen LogP contribution in [-0.2, 0) is 14.3 Å². The molecular weight excluding hydrogens is 354 g/mol. The van der Waals surface area contributed by atoms with Crippen molar-refractivity contribution in [3.05, 3.63) is 29.8 Å². The minimum absolute atomic E-state index is 0.0553. The molecule has 27 heavy (non-hydrogen) atoms. The number of carbonyl (C=O) groups excluding carboxylic acids is 1. The van der Waals surface area contributed by atoms with Crippen LogP contribution in [0.25, 0.3) is 0 Å². The summed E-state index contributed by atoms with van der Waals surface area (Å²) in [4.78, 5) is 25.7. The Bertz CT molecular complexity index is 589. The zero-order valence-electron chi connectivity index (χ0n) is 15.5. The second-order valence-corrected chi connectivity index (χ2v) is 6.04. The third-order valence-electron chi connectivity index (χ3n) is 4.19. The molecule has 1 aromatic carbocycles. The number of benzene rings is 1. The number of carboxylic acids is 1. The Hall–Kier alpha value is -2.20. The van der Waals surface area contributed by atoms with Crippen LogP contribution in [0.4, 0.5) is 0 Å². The van der Waals surface area contributed by atoms with Gasteiger partial charge >= 0.3 is 5.97 Å². The molecular formula is C18H27N3O6. The third kappa shape index (κ3) is 7.14. The van der Waals surface area contributed by atoms with Crippen LogP contribution in [0.2, 0.25) is 0 Å². The fraction of sp³-hybridized carbons (Fsp3) is 0.556. The molecule has 0 saturated carbocycles. The first-order valence-corrected chi connectivity index (χ1v) is 8.87. The van der Waals surface area contributed by atoms with Crippen molar-refractivity contribution < 1.29 is 28.9 Å². The van der Waals surface area contributed by atoms with Gasteiger partial charge < -0.3 is 30.0 Å². The molecule has 0 aliphatic carbocycles. The molecule has 1 aromatic rings. The molecule has 1 saturated heterocycles. The van der Waals surface area contributed by atoms with Crippen LogP contribution in [0.1, 0.15) is 10.4 Å². The van der Waals surface area contributed by atoms with Crippen molar-refractivity contribution in [1.82, 2.24) is 15.5 Å². The highest BCUT2D eigenvalue weighted by Crippen LogP contribution is 2.12. The van der Waals surface area contributed by atoms with Gasteiger partial charge in [-0.05, 0) is 24.3 Å². The molecule has 1 atom stereocenters. The number of nitrogens with zero attached hydrogens (tertiary/aromatic N) is 1. The van der Waals surface area contributed by atoms with Gasteiger partial charge in [0.25, 0.3) is 5.91 Å². The van der Waals surface area contributed by atoms with E-state index in [9.17, 15) is 14.7 Å². The van der Waals surface area contributed by atoms with Crippen molar-refractivity contribution >= 4 is 11.9 Å². The Balaban J connectivity index is 1.79. The number of carbonyl (C=O) groups is 2. The molecule has 0 aromatic heterocycles. The van der Waals surface area contributed by atoms with Gasteiger partial charge in [-0.15, -0.1) is 0 Å². The van der Waals surface area contributed by atoms with Crippen molar-refractivity contribution in [2.45, 2.75) is 6.04 Å². The lowest BCUT2D eigenvalue weighted by molar-refractivity contribution is -0.143. The molecule has 0 unspecified atom stereocenters. The van der Waals surface area contributed by atoms with Crippen molar-refractivity contribution in [2.24, 2.45) is 0 Å². The molecule has 9 nitrogen and oxygen atoms in total. The summed E-state index contributed by atoms with van der Waals surface area (Å²) in [5, 5.41) is 15.3. The van der Waals surface area contributed by atoms with Crippen molar-refractivity contribution in [1.29, 1.82) is 0 Å². The summed E-state index contributed by atoms with van der Waals surface area (Å²) in [6.45, 7) is 3.86. The van der Waals surface area contributed by atoms with Crippen LogP contribution in [-0.4, -0.2) is 87.8 Å².